The van der Waals surface area contributed by atoms with Crippen LogP contribution in [0, 0.1) is 0 Å². The van der Waals surface area contributed by atoms with Crippen LogP contribution in [0.25, 0.3) is 0 Å². The van der Waals surface area contributed by atoms with Gasteiger partial charge >= 0.3 is 0 Å². The molecule has 0 fully saturated rings. The smallest absolute Gasteiger partial charge is 0.125 e. The quantitative estimate of drug-likeness (QED) is 0.935. The minimum atomic E-state index is 0.133. The van der Waals surface area contributed by atoms with Crippen molar-refractivity contribution in [3.63, 3.8) is 0 Å². The summed E-state index contributed by atoms with van der Waals surface area (Å²) in [5, 5.41) is 6.79. The molecule has 2 heterocycles. The van der Waals surface area contributed by atoms with Gasteiger partial charge in [0.05, 0.1) is 16.7 Å². The van der Waals surface area contributed by atoms with Crippen molar-refractivity contribution in [1.29, 1.82) is 0 Å². The first-order valence-electron chi connectivity index (χ1n) is 6.53. The van der Waals surface area contributed by atoms with E-state index in [-0.39, 0.29) is 11.5 Å². The van der Waals surface area contributed by atoms with E-state index in [4.69, 9.17) is 0 Å². The Balaban J connectivity index is 1.96. The number of imidazole rings is 1. The van der Waals surface area contributed by atoms with Gasteiger partial charge in [-0.1, -0.05) is 20.8 Å². The van der Waals surface area contributed by atoms with E-state index in [9.17, 15) is 0 Å². The molecule has 0 aromatic carbocycles. The van der Waals surface area contributed by atoms with Gasteiger partial charge in [0, 0.05) is 36.8 Å². The van der Waals surface area contributed by atoms with Crippen LogP contribution in [-0.4, -0.2) is 14.5 Å². The van der Waals surface area contributed by atoms with E-state index in [0.29, 0.717) is 0 Å². The van der Waals surface area contributed by atoms with Gasteiger partial charge in [0.2, 0.25) is 0 Å². The van der Waals surface area contributed by atoms with Crippen LogP contribution in [0.3, 0.4) is 0 Å². The fourth-order valence-electron chi connectivity index (χ4n) is 1.88. The van der Waals surface area contributed by atoms with Crippen molar-refractivity contribution < 1.29 is 0 Å². The number of rotatable bonds is 4. The summed E-state index contributed by atoms with van der Waals surface area (Å²) in [5.41, 5.74) is 1.24. The van der Waals surface area contributed by atoms with E-state index in [2.05, 4.69) is 48.4 Å². The summed E-state index contributed by atoms with van der Waals surface area (Å²) < 4.78 is 2.04. The fraction of sp³-hybridized carbons (Fsp3) is 0.571. The molecule has 1 N–H and O–H groups in total. The van der Waals surface area contributed by atoms with Crippen molar-refractivity contribution in [3.8, 4) is 0 Å². The molecule has 5 heteroatoms. The lowest BCUT2D eigenvalue weighted by Crippen LogP contribution is -2.21. The Morgan fingerprint density at radius 2 is 2.16 bits per heavy atom. The Bertz CT molecular complexity index is 536. The zero-order chi connectivity index (χ0) is 14.0. The number of aromatic nitrogens is 3. The highest BCUT2D eigenvalue weighted by Crippen LogP contribution is 2.25. The van der Waals surface area contributed by atoms with E-state index in [1.54, 1.807) is 11.3 Å². The molecule has 0 aliphatic heterocycles. The lowest BCUT2D eigenvalue weighted by atomic mass is 9.98. The number of hydrogen-bond acceptors (Lipinski definition) is 4. The molecule has 0 aliphatic carbocycles. The molecule has 1 unspecified atom stereocenters. The molecule has 0 aliphatic rings. The molecule has 19 heavy (non-hydrogen) atoms. The van der Waals surface area contributed by atoms with Crippen LogP contribution in [0.1, 0.15) is 50.3 Å². The topological polar surface area (TPSA) is 42.7 Å². The maximum atomic E-state index is 4.69. The Hall–Kier alpha value is -1.20. The first kappa shape index (κ1) is 14.2. The first-order chi connectivity index (χ1) is 8.88. The SMILES string of the molecule is CC(NCc1csc(C(C)(C)C)n1)c1nccn1C. The second-order valence-electron chi connectivity index (χ2n) is 5.89. The maximum absolute atomic E-state index is 4.69. The number of thiazole rings is 1. The number of nitrogens with zero attached hydrogens (tertiary/aromatic N) is 3. The van der Waals surface area contributed by atoms with Crippen LogP contribution < -0.4 is 5.32 Å². The Morgan fingerprint density at radius 1 is 1.42 bits per heavy atom. The number of aryl methyl sites for hydroxylation is 1. The van der Waals surface area contributed by atoms with Crippen molar-refractivity contribution in [2.75, 3.05) is 0 Å². The highest BCUT2D eigenvalue weighted by Gasteiger charge is 2.18. The molecule has 2 aromatic heterocycles. The molecule has 0 saturated heterocycles. The van der Waals surface area contributed by atoms with Crippen LogP contribution in [-0.2, 0) is 19.0 Å². The largest absolute Gasteiger partial charge is 0.337 e. The summed E-state index contributed by atoms with van der Waals surface area (Å²) in [5.74, 6) is 1.05. The van der Waals surface area contributed by atoms with Crippen LogP contribution >= 0.6 is 11.3 Å². The summed E-state index contributed by atoms with van der Waals surface area (Å²) in [4.78, 5) is 9.04. The summed E-state index contributed by atoms with van der Waals surface area (Å²) in [6.07, 6.45) is 3.79. The molecule has 4 nitrogen and oxygen atoms in total. The third-order valence-electron chi connectivity index (χ3n) is 3.03. The predicted octanol–water partition coefficient (Wildman–Crippen LogP) is 3.02. The van der Waals surface area contributed by atoms with Crippen molar-refractivity contribution in [3.05, 3.63) is 34.3 Å². The van der Waals surface area contributed by atoms with E-state index < -0.39 is 0 Å². The van der Waals surface area contributed by atoms with E-state index in [1.165, 1.54) is 5.01 Å². The monoisotopic (exact) mass is 278 g/mol. The van der Waals surface area contributed by atoms with Gasteiger partial charge in [0.25, 0.3) is 0 Å². The van der Waals surface area contributed by atoms with Crippen LogP contribution in [0.2, 0.25) is 0 Å². The number of hydrogen-bond donors (Lipinski definition) is 1. The molecule has 2 rings (SSSR count). The van der Waals surface area contributed by atoms with Gasteiger partial charge in [-0.25, -0.2) is 9.97 Å². The Kier molecular flexibility index (Phi) is 4.06. The number of nitrogens with one attached hydrogen (secondary N) is 1. The van der Waals surface area contributed by atoms with Crippen molar-refractivity contribution >= 4 is 11.3 Å². The predicted molar refractivity (Wildman–Crippen MR) is 79.3 cm³/mol. The highest BCUT2D eigenvalue weighted by atomic mass is 32.1. The van der Waals surface area contributed by atoms with E-state index >= 15 is 0 Å². The highest BCUT2D eigenvalue weighted by molar-refractivity contribution is 7.09. The molecule has 1 atom stereocenters. The van der Waals surface area contributed by atoms with Crippen LogP contribution in [0.4, 0.5) is 0 Å². The normalized spacial score (nSPS) is 13.7. The second-order valence-corrected chi connectivity index (χ2v) is 6.75. The fourth-order valence-corrected chi connectivity index (χ4v) is 2.78. The van der Waals surface area contributed by atoms with Crippen molar-refractivity contribution in [1.82, 2.24) is 19.9 Å². The molecule has 104 valence electrons. The molecule has 0 radical (unpaired) electrons. The molecule has 0 amide bonds. The molecule has 0 saturated carbocycles. The van der Waals surface area contributed by atoms with Crippen LogP contribution in [0.15, 0.2) is 17.8 Å². The molecule has 0 bridgehead atoms. The third-order valence-corrected chi connectivity index (χ3v) is 4.35. The minimum absolute atomic E-state index is 0.133. The minimum Gasteiger partial charge on any atom is -0.337 e. The van der Waals surface area contributed by atoms with E-state index in [0.717, 1.165) is 18.1 Å². The first-order valence-corrected chi connectivity index (χ1v) is 7.41. The summed E-state index contributed by atoms with van der Waals surface area (Å²) in [6, 6.07) is 0.222. The average Bonchev–Trinajstić information content (AvgIpc) is 2.93. The summed E-state index contributed by atoms with van der Waals surface area (Å²) in [6.45, 7) is 9.48. The van der Waals surface area contributed by atoms with E-state index in [1.807, 2.05) is 24.0 Å². The maximum Gasteiger partial charge on any atom is 0.125 e. The lowest BCUT2D eigenvalue weighted by molar-refractivity contribution is 0.522. The summed E-state index contributed by atoms with van der Waals surface area (Å²) >= 11 is 1.74. The Morgan fingerprint density at radius 3 is 2.68 bits per heavy atom. The third kappa shape index (κ3) is 3.42. The second kappa shape index (κ2) is 5.43. The van der Waals surface area contributed by atoms with Gasteiger partial charge in [0.15, 0.2) is 0 Å². The zero-order valence-corrected chi connectivity index (χ0v) is 13.1. The van der Waals surface area contributed by atoms with Gasteiger partial charge in [0.1, 0.15) is 5.82 Å². The van der Waals surface area contributed by atoms with Gasteiger partial charge in [-0.05, 0) is 6.92 Å². The Labute approximate surface area is 118 Å². The van der Waals surface area contributed by atoms with Crippen molar-refractivity contribution in [2.45, 2.75) is 45.7 Å². The molecule has 0 spiro atoms. The van der Waals surface area contributed by atoms with Gasteiger partial charge in [-0.3, -0.25) is 0 Å². The van der Waals surface area contributed by atoms with Gasteiger partial charge in [-0.15, -0.1) is 11.3 Å². The van der Waals surface area contributed by atoms with Crippen molar-refractivity contribution in [2.24, 2.45) is 7.05 Å². The molecule has 2 aromatic rings. The zero-order valence-electron chi connectivity index (χ0n) is 12.3. The average molecular weight is 278 g/mol. The summed E-state index contributed by atoms with van der Waals surface area (Å²) in [7, 11) is 2.01. The standard InChI is InChI=1S/C14H22N4S/c1-10(12-15-6-7-18(12)5)16-8-11-9-19-13(17-11)14(2,3)4/h6-7,9-10,16H,8H2,1-5H3. The molecular formula is C14H22N4S. The lowest BCUT2D eigenvalue weighted by Gasteiger charge is -2.14. The molecular weight excluding hydrogens is 256 g/mol. The van der Waals surface area contributed by atoms with Crippen LogP contribution in [0.5, 0.6) is 0 Å². The van der Waals surface area contributed by atoms with Gasteiger partial charge in [-0.2, -0.15) is 0 Å². The van der Waals surface area contributed by atoms with Gasteiger partial charge < -0.3 is 9.88 Å².